The molecule has 0 spiro atoms. The number of morpholine rings is 1. The molecular formula is C15H23NO3S. The SMILES string of the molecule is Cc1ccc(S(=O)(=O)N2CCOCC2)c(C(C)(C)C)c1. The van der Waals surface area contributed by atoms with Crippen molar-refractivity contribution in [1.82, 2.24) is 4.31 Å². The monoisotopic (exact) mass is 297 g/mol. The number of rotatable bonds is 2. The molecular weight excluding hydrogens is 274 g/mol. The maximum atomic E-state index is 12.8. The molecule has 0 saturated carbocycles. The molecule has 112 valence electrons. The highest BCUT2D eigenvalue weighted by molar-refractivity contribution is 7.89. The van der Waals surface area contributed by atoms with Crippen LogP contribution in [0.2, 0.25) is 0 Å². The van der Waals surface area contributed by atoms with Crippen LogP contribution in [0.1, 0.15) is 31.9 Å². The van der Waals surface area contributed by atoms with Gasteiger partial charge in [0.05, 0.1) is 18.1 Å². The summed E-state index contributed by atoms with van der Waals surface area (Å²) in [6.07, 6.45) is 0. The van der Waals surface area contributed by atoms with Gasteiger partial charge in [0.1, 0.15) is 0 Å². The molecule has 4 nitrogen and oxygen atoms in total. The molecule has 20 heavy (non-hydrogen) atoms. The molecule has 2 rings (SSSR count). The van der Waals surface area contributed by atoms with E-state index in [0.717, 1.165) is 11.1 Å². The van der Waals surface area contributed by atoms with Crippen LogP contribution in [-0.4, -0.2) is 39.0 Å². The third-order valence-corrected chi connectivity index (χ3v) is 5.49. The van der Waals surface area contributed by atoms with Gasteiger partial charge in [0, 0.05) is 13.1 Å². The molecule has 1 aromatic carbocycles. The standard InChI is InChI=1S/C15H23NO3S/c1-12-5-6-14(13(11-12)15(2,3)4)20(17,18)16-7-9-19-10-8-16/h5-6,11H,7-10H2,1-4H3. The van der Waals surface area contributed by atoms with Crippen molar-refractivity contribution >= 4 is 10.0 Å². The minimum atomic E-state index is -3.44. The van der Waals surface area contributed by atoms with E-state index in [1.165, 1.54) is 4.31 Å². The highest BCUT2D eigenvalue weighted by Crippen LogP contribution is 2.31. The fourth-order valence-electron chi connectivity index (χ4n) is 2.38. The Hall–Kier alpha value is -0.910. The van der Waals surface area contributed by atoms with Gasteiger partial charge in [-0.25, -0.2) is 8.42 Å². The van der Waals surface area contributed by atoms with E-state index >= 15 is 0 Å². The molecule has 0 amide bonds. The average molecular weight is 297 g/mol. The summed E-state index contributed by atoms with van der Waals surface area (Å²) in [5.74, 6) is 0. The molecule has 0 N–H and O–H groups in total. The van der Waals surface area contributed by atoms with Crippen LogP contribution >= 0.6 is 0 Å². The van der Waals surface area contributed by atoms with Crippen molar-refractivity contribution in [3.63, 3.8) is 0 Å². The first-order chi connectivity index (χ1) is 9.23. The Balaban J connectivity index is 2.51. The largest absolute Gasteiger partial charge is 0.379 e. The zero-order valence-electron chi connectivity index (χ0n) is 12.6. The van der Waals surface area contributed by atoms with Gasteiger partial charge in [-0.2, -0.15) is 4.31 Å². The zero-order chi connectivity index (χ0) is 15.0. The van der Waals surface area contributed by atoms with Gasteiger partial charge in [-0.3, -0.25) is 0 Å². The first-order valence-electron chi connectivity index (χ1n) is 6.92. The molecule has 0 radical (unpaired) electrons. The minimum Gasteiger partial charge on any atom is -0.379 e. The second kappa shape index (κ2) is 5.47. The van der Waals surface area contributed by atoms with Crippen molar-refractivity contribution in [2.45, 2.75) is 38.0 Å². The van der Waals surface area contributed by atoms with Crippen LogP contribution in [0.3, 0.4) is 0 Å². The third-order valence-electron chi connectivity index (χ3n) is 3.53. The molecule has 0 aromatic heterocycles. The number of hydrogen-bond donors (Lipinski definition) is 0. The highest BCUT2D eigenvalue weighted by atomic mass is 32.2. The van der Waals surface area contributed by atoms with Gasteiger partial charge in [-0.15, -0.1) is 0 Å². The fraction of sp³-hybridized carbons (Fsp3) is 0.600. The number of sulfonamides is 1. The average Bonchev–Trinajstić information content (AvgIpc) is 2.38. The highest BCUT2D eigenvalue weighted by Gasteiger charge is 2.31. The lowest BCUT2D eigenvalue weighted by Gasteiger charge is -2.29. The van der Waals surface area contributed by atoms with E-state index in [9.17, 15) is 8.42 Å². The van der Waals surface area contributed by atoms with Crippen molar-refractivity contribution in [2.75, 3.05) is 26.3 Å². The topological polar surface area (TPSA) is 46.6 Å². The van der Waals surface area contributed by atoms with E-state index in [2.05, 4.69) is 0 Å². The fourth-order valence-corrected chi connectivity index (χ4v) is 4.17. The molecule has 1 fully saturated rings. The van der Waals surface area contributed by atoms with Crippen molar-refractivity contribution in [1.29, 1.82) is 0 Å². The van der Waals surface area contributed by atoms with Crippen LogP contribution in [0.5, 0.6) is 0 Å². The summed E-state index contributed by atoms with van der Waals surface area (Å²) in [7, 11) is -3.44. The smallest absolute Gasteiger partial charge is 0.243 e. The summed E-state index contributed by atoms with van der Waals surface area (Å²) in [4.78, 5) is 0.428. The lowest BCUT2D eigenvalue weighted by Crippen LogP contribution is -2.41. The van der Waals surface area contributed by atoms with Gasteiger partial charge in [-0.05, 0) is 24.0 Å². The van der Waals surface area contributed by atoms with E-state index < -0.39 is 10.0 Å². The molecule has 1 heterocycles. The van der Waals surface area contributed by atoms with Crippen LogP contribution in [0.25, 0.3) is 0 Å². The van der Waals surface area contributed by atoms with E-state index in [1.807, 2.05) is 39.8 Å². The summed E-state index contributed by atoms with van der Waals surface area (Å²) < 4.78 is 32.4. The van der Waals surface area contributed by atoms with Gasteiger partial charge in [0.25, 0.3) is 0 Å². The predicted octanol–water partition coefficient (Wildman–Crippen LogP) is 2.31. The van der Waals surface area contributed by atoms with E-state index in [0.29, 0.717) is 31.2 Å². The summed E-state index contributed by atoms with van der Waals surface area (Å²) in [6, 6.07) is 5.58. The van der Waals surface area contributed by atoms with Crippen LogP contribution in [0.4, 0.5) is 0 Å². The van der Waals surface area contributed by atoms with Crippen molar-refractivity contribution in [2.24, 2.45) is 0 Å². The van der Waals surface area contributed by atoms with Gasteiger partial charge in [-0.1, -0.05) is 38.5 Å². The maximum Gasteiger partial charge on any atom is 0.243 e. The van der Waals surface area contributed by atoms with Crippen molar-refractivity contribution in [3.8, 4) is 0 Å². The normalized spacial score (nSPS) is 18.2. The van der Waals surface area contributed by atoms with Crippen molar-refractivity contribution in [3.05, 3.63) is 29.3 Å². The van der Waals surface area contributed by atoms with Gasteiger partial charge >= 0.3 is 0 Å². The van der Waals surface area contributed by atoms with Crippen LogP contribution in [0, 0.1) is 6.92 Å². The number of hydrogen-bond acceptors (Lipinski definition) is 3. The minimum absolute atomic E-state index is 0.208. The van der Waals surface area contributed by atoms with Gasteiger partial charge in [0.15, 0.2) is 0 Å². The summed E-state index contributed by atoms with van der Waals surface area (Å²) >= 11 is 0. The number of benzene rings is 1. The Morgan fingerprint density at radius 2 is 1.75 bits per heavy atom. The molecule has 1 aliphatic heterocycles. The lowest BCUT2D eigenvalue weighted by atomic mass is 9.86. The van der Waals surface area contributed by atoms with E-state index in [1.54, 1.807) is 6.07 Å². The Morgan fingerprint density at radius 1 is 1.15 bits per heavy atom. The Kier molecular flexibility index (Phi) is 4.23. The Morgan fingerprint density at radius 3 is 2.30 bits per heavy atom. The molecule has 1 aliphatic rings. The molecule has 1 aromatic rings. The van der Waals surface area contributed by atoms with E-state index in [-0.39, 0.29) is 5.41 Å². The van der Waals surface area contributed by atoms with Crippen molar-refractivity contribution < 1.29 is 13.2 Å². The molecule has 0 bridgehead atoms. The number of aryl methyl sites for hydroxylation is 1. The molecule has 0 atom stereocenters. The van der Waals surface area contributed by atoms with Crippen LogP contribution in [-0.2, 0) is 20.2 Å². The quantitative estimate of drug-likeness (QED) is 0.841. The maximum absolute atomic E-state index is 12.8. The number of ether oxygens (including phenoxy) is 1. The molecule has 1 saturated heterocycles. The number of nitrogens with zero attached hydrogens (tertiary/aromatic N) is 1. The first-order valence-corrected chi connectivity index (χ1v) is 8.36. The van der Waals surface area contributed by atoms with Gasteiger partial charge < -0.3 is 4.74 Å². The summed E-state index contributed by atoms with van der Waals surface area (Å²) in [5, 5.41) is 0. The third kappa shape index (κ3) is 3.05. The predicted molar refractivity (Wildman–Crippen MR) is 79.5 cm³/mol. The van der Waals surface area contributed by atoms with Crippen LogP contribution < -0.4 is 0 Å². The molecule has 5 heteroatoms. The Labute approximate surface area is 121 Å². The van der Waals surface area contributed by atoms with Gasteiger partial charge in [0.2, 0.25) is 10.0 Å². The van der Waals surface area contributed by atoms with E-state index in [4.69, 9.17) is 4.74 Å². The summed E-state index contributed by atoms with van der Waals surface area (Å²) in [6.45, 7) is 9.91. The molecule has 0 aliphatic carbocycles. The molecule has 0 unspecified atom stereocenters. The first kappa shape index (κ1) is 15.5. The zero-order valence-corrected chi connectivity index (χ0v) is 13.5. The van der Waals surface area contributed by atoms with Crippen LogP contribution in [0.15, 0.2) is 23.1 Å². The summed E-state index contributed by atoms with van der Waals surface area (Å²) in [5.41, 5.74) is 1.75. The lowest BCUT2D eigenvalue weighted by molar-refractivity contribution is 0.0730. The Bertz CT molecular complexity index is 582. The second-order valence-electron chi connectivity index (χ2n) is 6.27. The second-order valence-corrected chi connectivity index (χ2v) is 8.17.